The number of nitrogens with zero attached hydrogens (tertiary/aromatic N) is 1. The normalized spacial score (nSPS) is 12.4. The largest absolute Gasteiger partial charge is 0.341 e. The van der Waals surface area contributed by atoms with Gasteiger partial charge in [0, 0.05) is 0 Å². The number of nitrogens with one attached hydrogen (secondary N) is 2. The van der Waals surface area contributed by atoms with Gasteiger partial charge in [-0.15, -0.1) is 0 Å². The zero-order valence-corrected chi connectivity index (χ0v) is 16.1. The summed E-state index contributed by atoms with van der Waals surface area (Å²) in [5.41, 5.74) is 2.32. The molecular formula is C22H35N3. The highest BCUT2D eigenvalue weighted by atomic mass is 15.0. The lowest BCUT2D eigenvalue weighted by atomic mass is 10.1. The van der Waals surface area contributed by atoms with Crippen molar-refractivity contribution in [1.29, 1.82) is 0 Å². The van der Waals surface area contributed by atoms with E-state index in [9.17, 15) is 0 Å². The fraction of sp³-hybridized carbons (Fsp3) is 0.591. The lowest BCUT2D eigenvalue weighted by molar-refractivity contribution is 0.445. The van der Waals surface area contributed by atoms with Crippen LogP contribution in [0.3, 0.4) is 0 Å². The molecular weight excluding hydrogens is 306 g/mol. The Bertz CT molecular complexity index is 562. The molecule has 25 heavy (non-hydrogen) atoms. The third-order valence-corrected chi connectivity index (χ3v) is 4.78. The molecule has 0 radical (unpaired) electrons. The Kier molecular flexibility index (Phi) is 9.35. The highest BCUT2D eigenvalue weighted by molar-refractivity contribution is 5.58. The zero-order valence-electron chi connectivity index (χ0n) is 16.1. The van der Waals surface area contributed by atoms with Crippen LogP contribution in [0.5, 0.6) is 0 Å². The minimum Gasteiger partial charge on any atom is -0.341 e. The maximum Gasteiger partial charge on any atom is 0.123 e. The van der Waals surface area contributed by atoms with Gasteiger partial charge in [-0.2, -0.15) is 0 Å². The van der Waals surface area contributed by atoms with E-state index >= 15 is 0 Å². The molecule has 2 aromatic rings. The fourth-order valence-corrected chi connectivity index (χ4v) is 3.22. The maximum atomic E-state index is 4.69. The summed E-state index contributed by atoms with van der Waals surface area (Å²) in [7, 11) is 0. The average Bonchev–Trinajstić information content (AvgIpc) is 3.14. The van der Waals surface area contributed by atoms with E-state index in [1.807, 2.05) is 6.20 Å². The van der Waals surface area contributed by atoms with Crippen LogP contribution in [0.2, 0.25) is 0 Å². The van der Waals surface area contributed by atoms with Gasteiger partial charge in [-0.05, 0) is 24.9 Å². The first-order chi connectivity index (χ1) is 12.3. The van der Waals surface area contributed by atoms with Gasteiger partial charge in [0.1, 0.15) is 5.82 Å². The van der Waals surface area contributed by atoms with Crippen LogP contribution in [-0.2, 0) is 0 Å². The van der Waals surface area contributed by atoms with Crippen molar-refractivity contribution in [2.45, 2.75) is 77.7 Å². The molecule has 0 aliphatic rings. The molecule has 1 aromatic heterocycles. The molecule has 0 saturated heterocycles. The highest BCUT2D eigenvalue weighted by Crippen LogP contribution is 2.22. The van der Waals surface area contributed by atoms with Crippen LogP contribution in [0.15, 0.2) is 36.5 Å². The molecule has 0 fully saturated rings. The lowest BCUT2D eigenvalue weighted by Gasteiger charge is -2.17. The summed E-state index contributed by atoms with van der Waals surface area (Å²) in [6, 6.07) is 10.8. The van der Waals surface area contributed by atoms with Gasteiger partial charge in [-0.3, -0.25) is 0 Å². The highest BCUT2D eigenvalue weighted by Gasteiger charge is 2.14. The summed E-state index contributed by atoms with van der Waals surface area (Å²) >= 11 is 0. The Hall–Kier alpha value is -1.61. The third kappa shape index (κ3) is 7.03. The smallest absolute Gasteiger partial charge is 0.123 e. The van der Waals surface area contributed by atoms with Gasteiger partial charge in [0.25, 0.3) is 0 Å². The molecule has 3 nitrogen and oxygen atoms in total. The summed E-state index contributed by atoms with van der Waals surface area (Å²) in [6.07, 6.45) is 13.5. The van der Waals surface area contributed by atoms with Crippen molar-refractivity contribution >= 4 is 0 Å². The van der Waals surface area contributed by atoms with E-state index in [1.165, 1.54) is 56.9 Å². The van der Waals surface area contributed by atoms with Crippen molar-refractivity contribution in [3.05, 3.63) is 42.4 Å². The second-order valence-corrected chi connectivity index (χ2v) is 6.96. The summed E-state index contributed by atoms with van der Waals surface area (Å²) in [6.45, 7) is 5.61. The van der Waals surface area contributed by atoms with Gasteiger partial charge < -0.3 is 10.3 Å². The summed E-state index contributed by atoms with van der Waals surface area (Å²) < 4.78 is 0. The first-order valence-electron chi connectivity index (χ1n) is 10.2. The number of unbranched alkanes of at least 4 members (excludes halogenated alkanes) is 6. The Morgan fingerprint density at radius 1 is 0.920 bits per heavy atom. The van der Waals surface area contributed by atoms with Crippen molar-refractivity contribution in [3.8, 4) is 11.3 Å². The van der Waals surface area contributed by atoms with Gasteiger partial charge >= 0.3 is 0 Å². The molecule has 138 valence electrons. The van der Waals surface area contributed by atoms with E-state index in [2.05, 4.69) is 59.5 Å². The van der Waals surface area contributed by atoms with E-state index in [0.717, 1.165) is 24.5 Å². The molecule has 0 bridgehead atoms. The minimum absolute atomic E-state index is 0.343. The van der Waals surface area contributed by atoms with Gasteiger partial charge in [0.2, 0.25) is 0 Å². The number of H-pyrrole nitrogens is 1. The van der Waals surface area contributed by atoms with Crippen molar-refractivity contribution in [1.82, 2.24) is 15.3 Å². The van der Waals surface area contributed by atoms with E-state index in [1.54, 1.807) is 0 Å². The monoisotopic (exact) mass is 341 g/mol. The van der Waals surface area contributed by atoms with E-state index in [4.69, 9.17) is 0 Å². The van der Waals surface area contributed by atoms with Crippen LogP contribution in [0.25, 0.3) is 11.3 Å². The molecule has 0 spiro atoms. The minimum atomic E-state index is 0.343. The molecule has 0 amide bonds. The molecule has 3 heteroatoms. The summed E-state index contributed by atoms with van der Waals surface area (Å²) in [5.74, 6) is 1.09. The Morgan fingerprint density at radius 3 is 2.36 bits per heavy atom. The van der Waals surface area contributed by atoms with Crippen molar-refractivity contribution in [3.63, 3.8) is 0 Å². The maximum absolute atomic E-state index is 4.69. The molecule has 1 aromatic carbocycles. The molecule has 1 heterocycles. The quantitative estimate of drug-likeness (QED) is 0.422. The predicted octanol–water partition coefficient (Wildman–Crippen LogP) is 6.26. The molecule has 0 unspecified atom stereocenters. The second kappa shape index (κ2) is 11.9. The average molecular weight is 342 g/mol. The summed E-state index contributed by atoms with van der Waals surface area (Å²) in [5, 5.41) is 3.74. The van der Waals surface area contributed by atoms with Gasteiger partial charge in [0.05, 0.1) is 17.9 Å². The summed E-state index contributed by atoms with van der Waals surface area (Å²) in [4.78, 5) is 8.24. The second-order valence-electron chi connectivity index (χ2n) is 6.96. The molecule has 2 rings (SSSR count). The number of aromatic nitrogens is 2. The van der Waals surface area contributed by atoms with Crippen LogP contribution < -0.4 is 5.32 Å². The van der Waals surface area contributed by atoms with Gasteiger partial charge in [-0.1, -0.05) is 89.1 Å². The molecule has 2 N–H and O–H groups in total. The number of hydrogen-bond donors (Lipinski definition) is 2. The van der Waals surface area contributed by atoms with Crippen LogP contribution in [-0.4, -0.2) is 16.5 Å². The first-order valence-corrected chi connectivity index (χ1v) is 10.2. The number of rotatable bonds is 13. The topological polar surface area (TPSA) is 40.7 Å². The van der Waals surface area contributed by atoms with Crippen molar-refractivity contribution in [2.75, 3.05) is 6.54 Å². The Balaban J connectivity index is 1.94. The van der Waals surface area contributed by atoms with E-state index < -0.39 is 0 Å². The first kappa shape index (κ1) is 19.7. The van der Waals surface area contributed by atoms with Crippen LogP contribution in [0.4, 0.5) is 0 Å². The number of benzene rings is 1. The Morgan fingerprint density at radius 2 is 1.64 bits per heavy atom. The SMILES string of the molecule is CCCCCCN[C@@H](CCCCCC)c1ncc(-c2ccccc2)[nH]1. The number of imidazole rings is 1. The molecule has 0 aliphatic carbocycles. The van der Waals surface area contributed by atoms with Crippen LogP contribution >= 0.6 is 0 Å². The number of hydrogen-bond acceptors (Lipinski definition) is 2. The van der Waals surface area contributed by atoms with E-state index in [0.29, 0.717) is 6.04 Å². The van der Waals surface area contributed by atoms with Gasteiger partial charge in [-0.25, -0.2) is 4.98 Å². The molecule has 1 atom stereocenters. The number of aromatic amines is 1. The van der Waals surface area contributed by atoms with Crippen molar-refractivity contribution in [2.24, 2.45) is 0 Å². The van der Waals surface area contributed by atoms with Gasteiger partial charge in [0.15, 0.2) is 0 Å². The third-order valence-electron chi connectivity index (χ3n) is 4.78. The molecule has 0 aliphatic heterocycles. The van der Waals surface area contributed by atoms with E-state index in [-0.39, 0.29) is 0 Å². The molecule has 0 saturated carbocycles. The standard InChI is InChI=1S/C22H35N3/c1-3-5-7-12-16-20(23-17-13-8-6-4-2)22-24-18-21(25-22)19-14-10-9-11-15-19/h9-11,14-15,18,20,23H,3-8,12-13,16-17H2,1-2H3,(H,24,25)/t20-/m0/s1. The van der Waals surface area contributed by atoms with Crippen LogP contribution in [0.1, 0.15) is 83.5 Å². The van der Waals surface area contributed by atoms with Crippen LogP contribution in [0, 0.1) is 0 Å². The zero-order chi connectivity index (χ0) is 17.7. The van der Waals surface area contributed by atoms with Crippen molar-refractivity contribution < 1.29 is 0 Å². The lowest BCUT2D eigenvalue weighted by Crippen LogP contribution is -2.23. The fourth-order valence-electron chi connectivity index (χ4n) is 3.22. The predicted molar refractivity (Wildman–Crippen MR) is 108 cm³/mol. The Labute approximate surface area is 153 Å².